The molecule has 1 saturated heterocycles. The first kappa shape index (κ1) is 15.0. The minimum absolute atomic E-state index is 0.0604. The van der Waals surface area contributed by atoms with E-state index < -0.39 is 0 Å². The van der Waals surface area contributed by atoms with Crippen LogP contribution in [0.3, 0.4) is 0 Å². The molecule has 2 aromatic heterocycles. The average molecular weight is 333 g/mol. The van der Waals surface area contributed by atoms with Crippen LogP contribution in [0, 0.1) is 0 Å². The van der Waals surface area contributed by atoms with Crippen molar-refractivity contribution in [2.24, 2.45) is 7.05 Å². The van der Waals surface area contributed by atoms with Gasteiger partial charge in [0, 0.05) is 30.4 Å². The first-order valence-electron chi connectivity index (χ1n) is 9.16. The molecule has 0 saturated carbocycles. The Bertz CT molecular complexity index is 937. The van der Waals surface area contributed by atoms with E-state index in [-0.39, 0.29) is 5.60 Å². The molecule has 5 rings (SSSR count). The third-order valence-electron chi connectivity index (χ3n) is 5.86. The van der Waals surface area contributed by atoms with Gasteiger partial charge < -0.3 is 14.6 Å². The van der Waals surface area contributed by atoms with E-state index in [0.717, 1.165) is 44.5 Å². The standard InChI is InChI=1S/C21H23N3O/c1-24-14-18(17-5-9-23-13-19(17)24)15-2-3-20-16(12-15)4-6-21(25-20)7-10-22-11-8-21/h2-3,5,9,12-14,22H,4,6-8,10-11H2,1H3. The Labute approximate surface area is 147 Å². The summed E-state index contributed by atoms with van der Waals surface area (Å²) >= 11 is 0. The van der Waals surface area contributed by atoms with E-state index in [0.29, 0.717) is 0 Å². The number of nitrogens with one attached hydrogen (secondary N) is 1. The molecular formula is C21H23N3O. The van der Waals surface area contributed by atoms with Gasteiger partial charge in [0.15, 0.2) is 0 Å². The van der Waals surface area contributed by atoms with Crippen molar-refractivity contribution in [2.45, 2.75) is 31.3 Å². The molecule has 0 radical (unpaired) electrons. The molecule has 25 heavy (non-hydrogen) atoms. The average Bonchev–Trinajstić information content (AvgIpc) is 2.99. The molecule has 1 spiro atoms. The number of benzene rings is 1. The maximum Gasteiger partial charge on any atom is 0.123 e. The van der Waals surface area contributed by atoms with Gasteiger partial charge in [-0.05, 0) is 68.1 Å². The first-order valence-corrected chi connectivity index (χ1v) is 9.16. The van der Waals surface area contributed by atoms with Crippen LogP contribution in [0.15, 0.2) is 42.9 Å². The molecule has 1 N–H and O–H groups in total. The highest BCUT2D eigenvalue weighted by Gasteiger charge is 2.37. The highest BCUT2D eigenvalue weighted by molar-refractivity contribution is 5.95. The Morgan fingerprint density at radius 2 is 2.04 bits per heavy atom. The summed E-state index contributed by atoms with van der Waals surface area (Å²) in [5.41, 5.74) is 5.10. The van der Waals surface area contributed by atoms with Crippen molar-refractivity contribution >= 4 is 10.9 Å². The molecule has 0 bridgehead atoms. The van der Waals surface area contributed by atoms with Gasteiger partial charge in [-0.3, -0.25) is 4.98 Å². The lowest BCUT2D eigenvalue weighted by Crippen LogP contribution is -2.48. The molecule has 2 aliphatic rings. The van der Waals surface area contributed by atoms with E-state index in [9.17, 15) is 0 Å². The van der Waals surface area contributed by atoms with Crippen molar-refractivity contribution in [3.63, 3.8) is 0 Å². The van der Waals surface area contributed by atoms with Gasteiger partial charge in [0.2, 0.25) is 0 Å². The van der Waals surface area contributed by atoms with Crippen molar-refractivity contribution in [1.29, 1.82) is 0 Å². The van der Waals surface area contributed by atoms with Crippen LogP contribution in [0.5, 0.6) is 5.75 Å². The second kappa shape index (κ2) is 5.60. The number of hydrogen-bond acceptors (Lipinski definition) is 3. The van der Waals surface area contributed by atoms with E-state index >= 15 is 0 Å². The predicted octanol–water partition coefficient (Wildman–Crippen LogP) is 3.69. The van der Waals surface area contributed by atoms with Gasteiger partial charge in [0.25, 0.3) is 0 Å². The summed E-state index contributed by atoms with van der Waals surface area (Å²) in [6.45, 7) is 2.13. The lowest BCUT2D eigenvalue weighted by atomic mass is 9.83. The van der Waals surface area contributed by atoms with Crippen LogP contribution < -0.4 is 10.1 Å². The van der Waals surface area contributed by atoms with Crippen LogP contribution in [0.1, 0.15) is 24.8 Å². The molecule has 4 heterocycles. The van der Waals surface area contributed by atoms with E-state index in [1.807, 2.05) is 12.4 Å². The van der Waals surface area contributed by atoms with Gasteiger partial charge in [0.1, 0.15) is 11.4 Å². The Hall–Kier alpha value is -2.33. The summed E-state index contributed by atoms with van der Waals surface area (Å²) in [6, 6.07) is 8.80. The van der Waals surface area contributed by atoms with Crippen molar-refractivity contribution in [3.05, 3.63) is 48.4 Å². The van der Waals surface area contributed by atoms with E-state index in [4.69, 9.17) is 4.74 Å². The van der Waals surface area contributed by atoms with E-state index in [2.05, 4.69) is 52.4 Å². The summed E-state index contributed by atoms with van der Waals surface area (Å²) in [5.74, 6) is 1.08. The summed E-state index contributed by atoms with van der Waals surface area (Å²) in [4.78, 5) is 4.25. The van der Waals surface area contributed by atoms with Crippen LogP contribution in [-0.4, -0.2) is 28.2 Å². The molecule has 0 amide bonds. The van der Waals surface area contributed by atoms with Gasteiger partial charge in [-0.1, -0.05) is 6.07 Å². The van der Waals surface area contributed by atoms with Gasteiger partial charge in [-0.2, -0.15) is 0 Å². The van der Waals surface area contributed by atoms with Gasteiger partial charge in [-0.25, -0.2) is 0 Å². The highest BCUT2D eigenvalue weighted by Crippen LogP contribution is 2.40. The maximum absolute atomic E-state index is 6.49. The number of fused-ring (bicyclic) bond motifs is 2. The lowest BCUT2D eigenvalue weighted by Gasteiger charge is -2.41. The number of nitrogens with zero attached hydrogens (tertiary/aromatic N) is 2. The Morgan fingerprint density at radius 3 is 2.92 bits per heavy atom. The SMILES string of the molecule is Cn1cc(-c2ccc3c(c2)CCC2(CCNCC2)O3)c2ccncc21. The Balaban J connectivity index is 1.53. The molecule has 2 aliphatic heterocycles. The fourth-order valence-electron chi connectivity index (χ4n) is 4.38. The van der Waals surface area contributed by atoms with Crippen LogP contribution in [0.25, 0.3) is 22.0 Å². The quantitative estimate of drug-likeness (QED) is 0.738. The van der Waals surface area contributed by atoms with Gasteiger partial charge >= 0.3 is 0 Å². The zero-order valence-electron chi connectivity index (χ0n) is 14.6. The van der Waals surface area contributed by atoms with Crippen LogP contribution >= 0.6 is 0 Å². The summed E-state index contributed by atoms with van der Waals surface area (Å²) < 4.78 is 8.64. The summed E-state index contributed by atoms with van der Waals surface area (Å²) in [7, 11) is 2.08. The first-order chi connectivity index (χ1) is 12.2. The molecule has 0 aliphatic carbocycles. The van der Waals surface area contributed by atoms with Gasteiger partial charge in [-0.15, -0.1) is 0 Å². The summed E-state index contributed by atoms with van der Waals surface area (Å²) in [6.07, 6.45) is 10.5. The lowest BCUT2D eigenvalue weighted by molar-refractivity contribution is 0.0170. The second-order valence-electron chi connectivity index (χ2n) is 7.40. The van der Waals surface area contributed by atoms with Crippen LogP contribution in [0.4, 0.5) is 0 Å². The fraction of sp³-hybridized carbons (Fsp3) is 0.381. The number of aryl methyl sites for hydroxylation is 2. The van der Waals surface area contributed by atoms with Crippen molar-refractivity contribution in [2.75, 3.05) is 13.1 Å². The maximum atomic E-state index is 6.49. The molecule has 3 aromatic rings. The molecule has 1 fully saturated rings. The number of ether oxygens (including phenoxy) is 1. The smallest absolute Gasteiger partial charge is 0.123 e. The normalized spacial score (nSPS) is 18.9. The van der Waals surface area contributed by atoms with Crippen LogP contribution in [-0.2, 0) is 13.5 Å². The minimum Gasteiger partial charge on any atom is -0.487 e. The minimum atomic E-state index is 0.0604. The molecule has 4 nitrogen and oxygen atoms in total. The molecule has 0 unspecified atom stereocenters. The third kappa shape index (κ3) is 2.44. The molecule has 1 aromatic carbocycles. The third-order valence-corrected chi connectivity index (χ3v) is 5.86. The van der Waals surface area contributed by atoms with Gasteiger partial charge in [0.05, 0.1) is 11.7 Å². The van der Waals surface area contributed by atoms with E-state index in [1.54, 1.807) is 0 Å². The molecule has 4 heteroatoms. The molecule has 128 valence electrons. The number of hydrogen-bond donors (Lipinski definition) is 1. The largest absolute Gasteiger partial charge is 0.487 e. The highest BCUT2D eigenvalue weighted by atomic mass is 16.5. The topological polar surface area (TPSA) is 39.1 Å². The van der Waals surface area contributed by atoms with E-state index in [1.165, 1.54) is 27.6 Å². The summed E-state index contributed by atoms with van der Waals surface area (Å²) in [5, 5.41) is 4.70. The Kier molecular flexibility index (Phi) is 3.35. The number of piperidine rings is 1. The molecular weight excluding hydrogens is 310 g/mol. The van der Waals surface area contributed by atoms with Crippen LogP contribution in [0.2, 0.25) is 0 Å². The number of pyridine rings is 1. The van der Waals surface area contributed by atoms with Crippen molar-refractivity contribution < 1.29 is 4.74 Å². The zero-order valence-corrected chi connectivity index (χ0v) is 14.6. The Morgan fingerprint density at radius 1 is 1.16 bits per heavy atom. The predicted molar refractivity (Wildman–Crippen MR) is 99.9 cm³/mol. The van der Waals surface area contributed by atoms with Crippen molar-refractivity contribution in [1.82, 2.24) is 14.9 Å². The fourth-order valence-corrected chi connectivity index (χ4v) is 4.38. The number of rotatable bonds is 1. The molecule has 0 atom stereocenters. The van der Waals surface area contributed by atoms with Crippen molar-refractivity contribution in [3.8, 4) is 16.9 Å². The number of aromatic nitrogens is 2. The second-order valence-corrected chi connectivity index (χ2v) is 7.40. The zero-order chi connectivity index (χ0) is 16.9. The monoisotopic (exact) mass is 333 g/mol.